The Balaban J connectivity index is 2.03. The Morgan fingerprint density at radius 1 is 1.13 bits per heavy atom. The minimum absolute atomic E-state index is 0.0265. The Kier molecular flexibility index (Phi) is 8.55. The zero-order valence-electron chi connectivity index (χ0n) is 21.3. The van der Waals surface area contributed by atoms with Gasteiger partial charge in [-0.2, -0.15) is 13.2 Å². The lowest BCUT2D eigenvalue weighted by molar-refractivity contribution is -0.137. The van der Waals surface area contributed by atoms with E-state index < -0.39 is 45.8 Å². The molecule has 3 aromatic rings. The average molecular weight is 537 g/mol. The number of rotatable bonds is 10. The van der Waals surface area contributed by atoms with E-state index in [1.165, 1.54) is 32.2 Å². The van der Waals surface area contributed by atoms with Crippen molar-refractivity contribution in [3.63, 3.8) is 0 Å². The fraction of sp³-hybridized carbons (Fsp3) is 0.385. The molecule has 0 bridgehead atoms. The van der Waals surface area contributed by atoms with Gasteiger partial charge >= 0.3 is 6.18 Å². The number of hydrogen-bond acceptors (Lipinski definition) is 6. The first-order chi connectivity index (χ1) is 17.7. The van der Waals surface area contributed by atoms with Gasteiger partial charge in [-0.1, -0.05) is 19.9 Å². The summed E-state index contributed by atoms with van der Waals surface area (Å²) in [6, 6.07) is 5.71. The summed E-state index contributed by atoms with van der Waals surface area (Å²) in [6.07, 6.45) is -3.85. The molecule has 0 aliphatic heterocycles. The van der Waals surface area contributed by atoms with E-state index in [0.29, 0.717) is 18.2 Å². The Labute approximate surface area is 216 Å². The first-order valence-corrected chi connectivity index (χ1v) is 11.7. The zero-order chi connectivity index (χ0) is 28.3. The van der Waals surface area contributed by atoms with Crippen molar-refractivity contribution in [1.29, 1.82) is 0 Å². The molecule has 0 aliphatic carbocycles. The highest BCUT2D eigenvalue weighted by molar-refractivity contribution is 5.80. The number of amides is 1. The van der Waals surface area contributed by atoms with E-state index in [1.807, 2.05) is 13.8 Å². The third-order valence-electron chi connectivity index (χ3n) is 5.62. The summed E-state index contributed by atoms with van der Waals surface area (Å²) in [7, 11) is 0. The van der Waals surface area contributed by atoms with Gasteiger partial charge in [0.05, 0.1) is 29.5 Å². The molecule has 204 valence electrons. The van der Waals surface area contributed by atoms with Gasteiger partial charge in [0.2, 0.25) is 11.8 Å². The molecule has 1 aromatic carbocycles. The van der Waals surface area contributed by atoms with Crippen molar-refractivity contribution >= 4 is 5.91 Å². The number of carbonyl (C=O) groups excluding carboxylic acids is 1. The summed E-state index contributed by atoms with van der Waals surface area (Å²) in [4.78, 5) is 34.6. The van der Waals surface area contributed by atoms with Gasteiger partial charge in [-0.05, 0) is 38.0 Å². The standard InChI is InChI=1S/C26H28F4N4O4/c1-14(2)37-9-10-38-20-8-6-16(13-32-20)18-11-19(35)34-23(33-18)21-17(26(28,29)30)7-5-15(22(21)27)12-25(3,4)24(31)36/h5-8,11,13-14H,9-10,12H2,1-4H3,(H2,31,36)(H,33,34,35). The number of primary amides is 1. The number of pyridine rings is 1. The lowest BCUT2D eigenvalue weighted by Crippen LogP contribution is -2.33. The van der Waals surface area contributed by atoms with Gasteiger partial charge in [-0.15, -0.1) is 0 Å². The molecule has 0 saturated carbocycles. The molecule has 0 unspecified atom stereocenters. The van der Waals surface area contributed by atoms with Crippen molar-refractivity contribution < 1.29 is 31.8 Å². The zero-order valence-corrected chi connectivity index (χ0v) is 21.3. The van der Waals surface area contributed by atoms with Crippen molar-refractivity contribution in [3.8, 4) is 28.5 Å². The minimum atomic E-state index is -4.96. The summed E-state index contributed by atoms with van der Waals surface area (Å²) in [5.41, 5.74) is 1.13. The van der Waals surface area contributed by atoms with Crippen molar-refractivity contribution in [1.82, 2.24) is 15.0 Å². The lowest BCUT2D eigenvalue weighted by atomic mass is 9.84. The van der Waals surface area contributed by atoms with E-state index in [0.717, 1.165) is 12.1 Å². The Bertz CT molecular complexity index is 1350. The van der Waals surface area contributed by atoms with Gasteiger partial charge in [0, 0.05) is 29.3 Å². The summed E-state index contributed by atoms with van der Waals surface area (Å²) in [5, 5.41) is 0. The Morgan fingerprint density at radius 3 is 2.42 bits per heavy atom. The number of aromatic amines is 1. The van der Waals surface area contributed by atoms with E-state index in [4.69, 9.17) is 15.2 Å². The molecule has 1 amide bonds. The highest BCUT2D eigenvalue weighted by atomic mass is 19.4. The topological polar surface area (TPSA) is 120 Å². The van der Waals surface area contributed by atoms with Crippen molar-refractivity contribution in [2.24, 2.45) is 11.1 Å². The van der Waals surface area contributed by atoms with Crippen LogP contribution in [-0.4, -0.2) is 40.2 Å². The maximum absolute atomic E-state index is 15.6. The molecule has 38 heavy (non-hydrogen) atoms. The fourth-order valence-corrected chi connectivity index (χ4v) is 3.56. The van der Waals surface area contributed by atoms with E-state index in [2.05, 4.69) is 15.0 Å². The summed E-state index contributed by atoms with van der Waals surface area (Å²) in [5.74, 6) is -2.37. The number of alkyl halides is 3. The van der Waals surface area contributed by atoms with Crippen LogP contribution in [0.5, 0.6) is 5.88 Å². The molecule has 12 heteroatoms. The van der Waals surface area contributed by atoms with Crippen LogP contribution >= 0.6 is 0 Å². The molecule has 8 nitrogen and oxygen atoms in total. The van der Waals surface area contributed by atoms with Crippen LogP contribution in [0.2, 0.25) is 0 Å². The Hall–Kier alpha value is -3.80. The number of nitrogens with one attached hydrogen (secondary N) is 1. The second kappa shape index (κ2) is 11.3. The van der Waals surface area contributed by atoms with Crippen LogP contribution < -0.4 is 16.0 Å². The minimum Gasteiger partial charge on any atom is -0.475 e. The van der Waals surface area contributed by atoms with E-state index >= 15 is 4.39 Å². The largest absolute Gasteiger partial charge is 0.475 e. The maximum Gasteiger partial charge on any atom is 0.417 e. The van der Waals surface area contributed by atoms with Gasteiger partial charge in [-0.25, -0.2) is 14.4 Å². The maximum atomic E-state index is 15.6. The van der Waals surface area contributed by atoms with Crippen LogP contribution in [0.15, 0.2) is 41.3 Å². The molecule has 0 spiro atoms. The molecule has 2 aromatic heterocycles. The predicted molar refractivity (Wildman–Crippen MR) is 132 cm³/mol. The van der Waals surface area contributed by atoms with E-state index in [1.54, 1.807) is 0 Å². The SMILES string of the molecule is CC(C)OCCOc1ccc(-c2cc(=O)[nH]c(-c3c(C(F)(F)F)ccc(CC(C)(C)C(N)=O)c3F)n2)cn1. The quantitative estimate of drug-likeness (QED) is 0.291. The third kappa shape index (κ3) is 6.94. The smallest absolute Gasteiger partial charge is 0.417 e. The van der Waals surface area contributed by atoms with Gasteiger partial charge < -0.3 is 20.2 Å². The first kappa shape index (κ1) is 28.8. The molecular weight excluding hydrogens is 508 g/mol. The molecular formula is C26H28F4N4O4. The van der Waals surface area contributed by atoms with E-state index in [9.17, 15) is 22.8 Å². The molecule has 2 heterocycles. The molecule has 0 saturated heterocycles. The van der Waals surface area contributed by atoms with Gasteiger partial charge in [0.25, 0.3) is 5.56 Å². The number of hydrogen-bond donors (Lipinski definition) is 2. The number of benzene rings is 1. The van der Waals surface area contributed by atoms with Crippen molar-refractivity contribution in [3.05, 3.63) is 63.8 Å². The van der Waals surface area contributed by atoms with Crippen LogP contribution in [0.1, 0.15) is 38.8 Å². The molecule has 0 aliphatic rings. The van der Waals surface area contributed by atoms with Crippen LogP contribution in [0, 0.1) is 11.2 Å². The number of ether oxygens (including phenoxy) is 2. The number of nitrogens with two attached hydrogens (primary N) is 1. The normalized spacial score (nSPS) is 12.1. The number of carbonyl (C=O) groups is 1. The van der Waals surface area contributed by atoms with Gasteiger partial charge in [0.1, 0.15) is 18.2 Å². The number of nitrogens with zero attached hydrogens (tertiary/aromatic N) is 2. The summed E-state index contributed by atoms with van der Waals surface area (Å²) < 4.78 is 68.0. The molecule has 0 fully saturated rings. The summed E-state index contributed by atoms with van der Waals surface area (Å²) >= 11 is 0. The first-order valence-electron chi connectivity index (χ1n) is 11.7. The second-order valence-corrected chi connectivity index (χ2v) is 9.52. The average Bonchev–Trinajstić information content (AvgIpc) is 2.82. The molecule has 0 atom stereocenters. The van der Waals surface area contributed by atoms with Crippen molar-refractivity contribution in [2.45, 2.75) is 46.4 Å². The van der Waals surface area contributed by atoms with Gasteiger partial charge in [-0.3, -0.25) is 9.59 Å². The van der Waals surface area contributed by atoms with Crippen LogP contribution in [0.25, 0.3) is 22.6 Å². The fourth-order valence-electron chi connectivity index (χ4n) is 3.56. The number of aromatic nitrogens is 3. The van der Waals surface area contributed by atoms with E-state index in [-0.39, 0.29) is 36.3 Å². The second-order valence-electron chi connectivity index (χ2n) is 9.52. The molecule has 3 N–H and O–H groups in total. The van der Waals surface area contributed by atoms with Gasteiger partial charge in [0.15, 0.2) is 0 Å². The molecule has 3 rings (SSSR count). The predicted octanol–water partition coefficient (Wildman–Crippen LogP) is 4.51. The van der Waals surface area contributed by atoms with Crippen LogP contribution in [0.4, 0.5) is 17.6 Å². The van der Waals surface area contributed by atoms with Crippen LogP contribution in [0.3, 0.4) is 0 Å². The lowest BCUT2D eigenvalue weighted by Gasteiger charge is -2.22. The highest BCUT2D eigenvalue weighted by Gasteiger charge is 2.37. The van der Waals surface area contributed by atoms with Crippen LogP contribution in [-0.2, 0) is 22.1 Å². The third-order valence-corrected chi connectivity index (χ3v) is 5.62. The molecule has 0 radical (unpaired) electrons. The summed E-state index contributed by atoms with van der Waals surface area (Å²) in [6.45, 7) is 7.27. The highest BCUT2D eigenvalue weighted by Crippen LogP contribution is 2.39. The number of halogens is 4. The number of H-pyrrole nitrogens is 1. The monoisotopic (exact) mass is 536 g/mol. The van der Waals surface area contributed by atoms with Crippen molar-refractivity contribution in [2.75, 3.05) is 13.2 Å². The Morgan fingerprint density at radius 2 is 1.84 bits per heavy atom.